The fourth-order valence-corrected chi connectivity index (χ4v) is 4.16. The third-order valence-electron chi connectivity index (χ3n) is 5.29. The van der Waals surface area contributed by atoms with Gasteiger partial charge in [-0.25, -0.2) is 0 Å². The number of benzene rings is 2. The first kappa shape index (κ1) is 15.3. The maximum absolute atomic E-state index is 12.2. The zero-order valence-corrected chi connectivity index (χ0v) is 14.5. The van der Waals surface area contributed by atoms with Crippen LogP contribution in [-0.4, -0.2) is 18.1 Å². The molecule has 2 aliphatic rings. The van der Waals surface area contributed by atoms with Gasteiger partial charge in [0.25, 0.3) is 0 Å². The van der Waals surface area contributed by atoms with Crippen LogP contribution in [0.15, 0.2) is 54.6 Å². The number of hydrogen-bond acceptors (Lipinski definition) is 2. The SMILES string of the molecule is CC1(C)c2ccccc2N2CC(=O)N[C@]21C=Cc1ccccc1Cl. The Bertz CT molecular complexity index is 858. The smallest absolute Gasteiger partial charge is 0.241 e. The minimum absolute atomic E-state index is 0.0430. The van der Waals surface area contributed by atoms with Crippen LogP contribution in [0.25, 0.3) is 6.08 Å². The van der Waals surface area contributed by atoms with Gasteiger partial charge in [0.2, 0.25) is 5.91 Å². The van der Waals surface area contributed by atoms with Crippen LogP contribution in [-0.2, 0) is 10.2 Å². The van der Waals surface area contributed by atoms with Gasteiger partial charge in [-0.05, 0) is 29.3 Å². The molecule has 1 atom stereocenters. The van der Waals surface area contributed by atoms with Crippen LogP contribution in [0.2, 0.25) is 5.02 Å². The normalized spacial score (nSPS) is 24.1. The highest BCUT2D eigenvalue weighted by atomic mass is 35.5. The number of halogens is 1. The molecule has 2 aromatic carbocycles. The number of rotatable bonds is 2. The summed E-state index contributed by atoms with van der Waals surface area (Å²) in [7, 11) is 0. The number of nitrogens with zero attached hydrogens (tertiary/aromatic N) is 1. The van der Waals surface area contributed by atoms with Crippen LogP contribution < -0.4 is 10.2 Å². The lowest BCUT2D eigenvalue weighted by Crippen LogP contribution is -2.58. The molecule has 1 N–H and O–H groups in total. The fraction of sp³-hybridized carbons (Fsp3) is 0.250. The predicted molar refractivity (Wildman–Crippen MR) is 98.2 cm³/mol. The molecule has 0 saturated carbocycles. The van der Waals surface area contributed by atoms with E-state index in [-0.39, 0.29) is 11.3 Å². The van der Waals surface area contributed by atoms with Crippen LogP contribution in [0.5, 0.6) is 0 Å². The summed E-state index contributed by atoms with van der Waals surface area (Å²) in [6, 6.07) is 16.0. The van der Waals surface area contributed by atoms with Crippen LogP contribution >= 0.6 is 11.6 Å². The van der Waals surface area contributed by atoms with E-state index in [1.165, 1.54) is 5.56 Å². The zero-order valence-electron chi connectivity index (χ0n) is 13.7. The molecule has 0 spiro atoms. The van der Waals surface area contributed by atoms with Crippen molar-refractivity contribution in [3.8, 4) is 0 Å². The first-order valence-electron chi connectivity index (χ1n) is 8.08. The molecule has 2 aliphatic heterocycles. The minimum atomic E-state index is -0.576. The summed E-state index contributed by atoms with van der Waals surface area (Å²) in [5.41, 5.74) is 2.47. The van der Waals surface area contributed by atoms with Crippen molar-refractivity contribution in [3.05, 3.63) is 70.8 Å². The van der Waals surface area contributed by atoms with E-state index in [1.54, 1.807) is 0 Å². The summed E-state index contributed by atoms with van der Waals surface area (Å²) in [4.78, 5) is 14.4. The maximum atomic E-state index is 12.2. The van der Waals surface area contributed by atoms with Crippen molar-refractivity contribution in [1.29, 1.82) is 0 Å². The van der Waals surface area contributed by atoms with Crippen molar-refractivity contribution < 1.29 is 4.79 Å². The van der Waals surface area contributed by atoms with E-state index in [2.05, 4.69) is 48.3 Å². The lowest BCUT2D eigenvalue weighted by atomic mass is 9.75. The highest BCUT2D eigenvalue weighted by Crippen LogP contribution is 2.52. The zero-order chi connectivity index (χ0) is 16.9. The molecule has 0 aromatic heterocycles. The Morgan fingerprint density at radius 1 is 1.12 bits per heavy atom. The lowest BCUT2D eigenvalue weighted by Gasteiger charge is -2.40. The number of anilines is 1. The topological polar surface area (TPSA) is 32.3 Å². The van der Waals surface area contributed by atoms with Crippen molar-refractivity contribution in [1.82, 2.24) is 5.32 Å². The predicted octanol–water partition coefficient (Wildman–Crippen LogP) is 3.98. The summed E-state index contributed by atoms with van der Waals surface area (Å²) in [6.07, 6.45) is 4.09. The van der Waals surface area contributed by atoms with Gasteiger partial charge in [0.1, 0.15) is 5.66 Å². The molecule has 3 nitrogen and oxygen atoms in total. The van der Waals surface area contributed by atoms with Gasteiger partial charge >= 0.3 is 0 Å². The van der Waals surface area contributed by atoms with Gasteiger partial charge in [0.15, 0.2) is 0 Å². The van der Waals surface area contributed by atoms with E-state index in [9.17, 15) is 4.79 Å². The van der Waals surface area contributed by atoms with Crippen molar-refractivity contribution >= 4 is 29.3 Å². The van der Waals surface area contributed by atoms with E-state index in [0.717, 1.165) is 11.3 Å². The van der Waals surface area contributed by atoms with Crippen LogP contribution in [0.4, 0.5) is 5.69 Å². The minimum Gasteiger partial charge on any atom is -0.335 e. The van der Waals surface area contributed by atoms with Gasteiger partial charge in [-0.1, -0.05) is 67.9 Å². The van der Waals surface area contributed by atoms with Crippen molar-refractivity contribution in [2.45, 2.75) is 24.9 Å². The Kier molecular flexibility index (Phi) is 3.26. The van der Waals surface area contributed by atoms with Crippen molar-refractivity contribution in [2.75, 3.05) is 11.4 Å². The molecule has 4 heteroatoms. The summed E-state index contributed by atoms with van der Waals surface area (Å²) in [5.74, 6) is 0.0430. The average Bonchev–Trinajstić information content (AvgIpc) is 2.99. The summed E-state index contributed by atoms with van der Waals surface area (Å²) >= 11 is 6.29. The Hall–Kier alpha value is -2.26. The second-order valence-corrected chi connectivity index (χ2v) is 7.30. The first-order chi connectivity index (χ1) is 11.5. The highest BCUT2D eigenvalue weighted by Gasteiger charge is 2.59. The quantitative estimate of drug-likeness (QED) is 0.898. The van der Waals surface area contributed by atoms with Crippen LogP contribution in [0.1, 0.15) is 25.0 Å². The Morgan fingerprint density at radius 3 is 2.62 bits per heavy atom. The third kappa shape index (κ3) is 1.94. The van der Waals surface area contributed by atoms with Gasteiger partial charge in [-0.3, -0.25) is 4.79 Å². The van der Waals surface area contributed by atoms with Gasteiger partial charge in [0, 0.05) is 16.1 Å². The van der Waals surface area contributed by atoms with E-state index in [4.69, 9.17) is 11.6 Å². The Morgan fingerprint density at radius 2 is 1.83 bits per heavy atom. The van der Waals surface area contributed by atoms with Crippen LogP contribution in [0.3, 0.4) is 0 Å². The largest absolute Gasteiger partial charge is 0.335 e. The molecule has 1 fully saturated rings. The number of amides is 1. The van der Waals surface area contributed by atoms with Gasteiger partial charge < -0.3 is 10.2 Å². The maximum Gasteiger partial charge on any atom is 0.241 e. The molecule has 0 unspecified atom stereocenters. The molecule has 1 saturated heterocycles. The molecule has 2 heterocycles. The van der Waals surface area contributed by atoms with Crippen LogP contribution in [0, 0.1) is 0 Å². The third-order valence-corrected chi connectivity index (χ3v) is 5.63. The van der Waals surface area contributed by atoms with Gasteiger partial charge in [0.05, 0.1) is 6.54 Å². The Balaban J connectivity index is 1.86. The van der Waals surface area contributed by atoms with Crippen molar-refractivity contribution in [2.24, 2.45) is 0 Å². The van der Waals surface area contributed by atoms with Gasteiger partial charge in [-0.2, -0.15) is 0 Å². The number of carbonyl (C=O) groups excluding carboxylic acids is 1. The second kappa shape index (κ2) is 5.12. The number of fused-ring (bicyclic) bond motifs is 3. The molecule has 0 bridgehead atoms. The average molecular weight is 339 g/mol. The monoisotopic (exact) mass is 338 g/mol. The lowest BCUT2D eigenvalue weighted by molar-refractivity contribution is -0.118. The van der Waals surface area contributed by atoms with Gasteiger partial charge in [-0.15, -0.1) is 0 Å². The molecule has 24 heavy (non-hydrogen) atoms. The molecule has 0 aliphatic carbocycles. The molecule has 2 aromatic rings. The van der Waals surface area contributed by atoms with E-state index in [0.29, 0.717) is 11.6 Å². The summed E-state index contributed by atoms with van der Waals surface area (Å²) < 4.78 is 0. The Labute approximate surface area is 146 Å². The summed E-state index contributed by atoms with van der Waals surface area (Å²) in [6.45, 7) is 4.72. The summed E-state index contributed by atoms with van der Waals surface area (Å²) in [5, 5.41) is 3.92. The number of carbonyl (C=O) groups is 1. The standard InChI is InChI=1S/C20H19ClN2O/c1-19(2)15-8-4-6-10-17(15)23-13-18(24)22-20(19,23)12-11-14-7-3-5-9-16(14)21/h3-12H,13H2,1-2H3,(H,22,24)/t20-/m1/s1. The molecule has 4 rings (SSSR count). The van der Waals surface area contributed by atoms with E-state index in [1.807, 2.05) is 36.4 Å². The molecule has 122 valence electrons. The van der Waals surface area contributed by atoms with Crippen molar-refractivity contribution in [3.63, 3.8) is 0 Å². The number of hydrogen-bond donors (Lipinski definition) is 1. The molecule has 1 amide bonds. The number of nitrogens with one attached hydrogen (secondary N) is 1. The molecule has 0 radical (unpaired) electrons. The van der Waals surface area contributed by atoms with E-state index >= 15 is 0 Å². The highest BCUT2D eigenvalue weighted by molar-refractivity contribution is 6.32. The fourth-order valence-electron chi connectivity index (χ4n) is 3.96. The molecular formula is C20H19ClN2O. The second-order valence-electron chi connectivity index (χ2n) is 6.90. The molecular weight excluding hydrogens is 320 g/mol. The van der Waals surface area contributed by atoms with E-state index < -0.39 is 5.66 Å². The number of para-hydroxylation sites is 1. The first-order valence-corrected chi connectivity index (χ1v) is 8.45.